The van der Waals surface area contributed by atoms with Crippen LogP contribution in [0, 0.1) is 0 Å². The molecular formula is C27H48O4S. The molecule has 0 fully saturated rings. The average Bonchev–Trinajstić information content (AvgIpc) is 2.76. The molecule has 0 aromatic heterocycles. The van der Waals surface area contributed by atoms with Gasteiger partial charge >= 0.3 is 0 Å². The first kappa shape index (κ1) is 29.0. The van der Waals surface area contributed by atoms with Crippen LogP contribution in [-0.4, -0.2) is 25.3 Å². The van der Waals surface area contributed by atoms with Gasteiger partial charge in [-0.3, -0.25) is 4.55 Å². The van der Waals surface area contributed by atoms with Gasteiger partial charge in [-0.2, -0.15) is 8.42 Å². The van der Waals surface area contributed by atoms with Crippen molar-refractivity contribution in [3.63, 3.8) is 0 Å². The fourth-order valence-electron chi connectivity index (χ4n) is 4.15. The fourth-order valence-corrected chi connectivity index (χ4v) is 4.63. The lowest BCUT2D eigenvalue weighted by Crippen LogP contribution is -2.08. The first-order valence-electron chi connectivity index (χ1n) is 13.2. The van der Waals surface area contributed by atoms with E-state index < -0.39 is 10.1 Å². The molecule has 32 heavy (non-hydrogen) atoms. The van der Waals surface area contributed by atoms with Crippen molar-refractivity contribution in [3.8, 4) is 5.75 Å². The molecule has 0 aliphatic heterocycles. The lowest BCUT2D eigenvalue weighted by atomic mass is 9.96. The van der Waals surface area contributed by atoms with Crippen LogP contribution in [0.15, 0.2) is 18.2 Å². The SMILES string of the molecule is CCCCCCCCCc1ccc(OCCCS(=O)(=O)O)cc1CCCCCCCCC. The Hall–Kier alpha value is -1.07. The van der Waals surface area contributed by atoms with Crippen LogP contribution < -0.4 is 4.74 Å². The standard InChI is InChI=1S/C27H48O4S/c1-3-5-7-9-11-13-15-18-25-20-21-27(31-22-17-23-32(28,29)30)24-26(25)19-16-14-12-10-8-6-4-2/h20-21,24H,3-19,22-23H2,1-2H3,(H,28,29,30). The molecular weight excluding hydrogens is 420 g/mol. The minimum absolute atomic E-state index is 0.256. The number of unbranched alkanes of at least 4 members (excludes halogenated alkanes) is 12. The van der Waals surface area contributed by atoms with Gasteiger partial charge in [0.05, 0.1) is 12.4 Å². The number of hydrogen-bond donors (Lipinski definition) is 1. The molecule has 0 aliphatic rings. The number of benzene rings is 1. The van der Waals surface area contributed by atoms with Gasteiger partial charge < -0.3 is 4.74 Å². The first-order chi connectivity index (χ1) is 15.5. The van der Waals surface area contributed by atoms with Gasteiger partial charge in [0.1, 0.15) is 5.75 Å². The summed E-state index contributed by atoms with van der Waals surface area (Å²) in [6, 6.07) is 6.37. The first-order valence-corrected chi connectivity index (χ1v) is 14.8. The second kappa shape index (κ2) is 18.4. The molecule has 0 radical (unpaired) electrons. The topological polar surface area (TPSA) is 63.6 Å². The van der Waals surface area contributed by atoms with Crippen molar-refractivity contribution in [2.75, 3.05) is 12.4 Å². The minimum atomic E-state index is -3.92. The number of hydrogen-bond acceptors (Lipinski definition) is 3. The molecule has 4 nitrogen and oxygen atoms in total. The van der Waals surface area contributed by atoms with Crippen LogP contribution in [0.2, 0.25) is 0 Å². The molecule has 1 rings (SSSR count). The molecule has 0 unspecified atom stereocenters. The lowest BCUT2D eigenvalue weighted by molar-refractivity contribution is 0.315. The Balaban J connectivity index is 2.52. The predicted octanol–water partition coefficient (Wildman–Crippen LogP) is 7.93. The Bertz CT molecular complexity index is 685. The van der Waals surface area contributed by atoms with Crippen LogP contribution in [0.25, 0.3) is 0 Å². The van der Waals surface area contributed by atoms with E-state index in [0.29, 0.717) is 13.0 Å². The smallest absolute Gasteiger partial charge is 0.264 e. The highest BCUT2D eigenvalue weighted by atomic mass is 32.2. The maximum Gasteiger partial charge on any atom is 0.264 e. The molecule has 0 heterocycles. The number of aryl methyl sites for hydroxylation is 2. The van der Waals surface area contributed by atoms with Gasteiger partial charge in [0.2, 0.25) is 0 Å². The second-order valence-electron chi connectivity index (χ2n) is 9.16. The maximum absolute atomic E-state index is 10.9. The summed E-state index contributed by atoms with van der Waals surface area (Å²) in [5, 5.41) is 0. The van der Waals surface area contributed by atoms with E-state index in [4.69, 9.17) is 9.29 Å². The molecule has 1 aromatic carbocycles. The summed E-state index contributed by atoms with van der Waals surface area (Å²) in [5.74, 6) is 0.551. The Labute approximate surface area is 198 Å². The average molecular weight is 469 g/mol. The van der Waals surface area contributed by atoms with Crippen molar-refractivity contribution in [1.82, 2.24) is 0 Å². The molecule has 1 aromatic rings. The molecule has 0 spiro atoms. The van der Waals surface area contributed by atoms with Gasteiger partial charge in [0, 0.05) is 0 Å². The molecule has 0 saturated heterocycles. The molecule has 186 valence electrons. The fraction of sp³-hybridized carbons (Fsp3) is 0.778. The lowest BCUT2D eigenvalue weighted by Gasteiger charge is -2.13. The third-order valence-electron chi connectivity index (χ3n) is 6.09. The summed E-state index contributed by atoms with van der Waals surface area (Å²) in [4.78, 5) is 0. The largest absolute Gasteiger partial charge is 0.494 e. The van der Waals surface area contributed by atoms with E-state index >= 15 is 0 Å². The van der Waals surface area contributed by atoms with Crippen LogP contribution in [0.4, 0.5) is 0 Å². The molecule has 0 aliphatic carbocycles. The Morgan fingerprint density at radius 2 is 1.19 bits per heavy atom. The van der Waals surface area contributed by atoms with E-state index in [0.717, 1.165) is 18.6 Å². The van der Waals surface area contributed by atoms with Gasteiger partial charge in [-0.05, 0) is 55.4 Å². The summed E-state index contributed by atoms with van der Waals surface area (Å²) in [7, 11) is -3.92. The van der Waals surface area contributed by atoms with Crippen molar-refractivity contribution < 1.29 is 17.7 Å². The minimum Gasteiger partial charge on any atom is -0.494 e. The van der Waals surface area contributed by atoms with Gasteiger partial charge in [-0.25, -0.2) is 0 Å². The van der Waals surface area contributed by atoms with Crippen molar-refractivity contribution in [2.45, 2.75) is 123 Å². The molecule has 1 N–H and O–H groups in total. The maximum atomic E-state index is 10.9. The van der Waals surface area contributed by atoms with Crippen LogP contribution in [-0.2, 0) is 23.0 Å². The van der Waals surface area contributed by atoms with Gasteiger partial charge in [-0.1, -0.05) is 97.0 Å². The van der Waals surface area contributed by atoms with Gasteiger partial charge in [-0.15, -0.1) is 0 Å². The zero-order valence-corrected chi connectivity index (χ0v) is 21.6. The second-order valence-corrected chi connectivity index (χ2v) is 10.7. The highest BCUT2D eigenvalue weighted by molar-refractivity contribution is 7.85. The van der Waals surface area contributed by atoms with E-state index in [1.807, 2.05) is 6.07 Å². The van der Waals surface area contributed by atoms with E-state index in [1.165, 1.54) is 101 Å². The summed E-state index contributed by atoms with van der Waals surface area (Å²) in [6.45, 7) is 4.81. The molecule has 5 heteroatoms. The van der Waals surface area contributed by atoms with E-state index in [9.17, 15) is 8.42 Å². The zero-order chi connectivity index (χ0) is 23.5. The molecule has 0 amide bonds. The zero-order valence-electron chi connectivity index (χ0n) is 20.7. The van der Waals surface area contributed by atoms with E-state index in [2.05, 4.69) is 26.0 Å². The molecule has 0 bridgehead atoms. The summed E-state index contributed by atoms with van der Waals surface area (Å²) >= 11 is 0. The van der Waals surface area contributed by atoms with Crippen LogP contribution in [0.5, 0.6) is 5.75 Å². The van der Waals surface area contributed by atoms with Crippen LogP contribution in [0.1, 0.15) is 121 Å². The number of rotatable bonds is 21. The third kappa shape index (κ3) is 15.7. The highest BCUT2D eigenvalue weighted by Gasteiger charge is 2.08. The normalized spacial score (nSPS) is 11.7. The van der Waals surface area contributed by atoms with Gasteiger partial charge in [0.25, 0.3) is 10.1 Å². The van der Waals surface area contributed by atoms with Crippen LogP contribution >= 0.6 is 0 Å². The van der Waals surface area contributed by atoms with Crippen molar-refractivity contribution >= 4 is 10.1 Å². The summed E-state index contributed by atoms with van der Waals surface area (Å²) in [5.41, 5.74) is 2.83. The van der Waals surface area contributed by atoms with E-state index in [1.54, 1.807) is 0 Å². The monoisotopic (exact) mass is 468 g/mol. The van der Waals surface area contributed by atoms with Crippen molar-refractivity contribution in [2.24, 2.45) is 0 Å². The molecule has 0 saturated carbocycles. The third-order valence-corrected chi connectivity index (χ3v) is 6.90. The van der Waals surface area contributed by atoms with E-state index in [-0.39, 0.29) is 5.75 Å². The predicted molar refractivity (Wildman–Crippen MR) is 136 cm³/mol. The Kier molecular flexibility index (Phi) is 16.6. The summed E-state index contributed by atoms with van der Waals surface area (Å²) in [6.07, 6.45) is 20.9. The number of ether oxygens (including phenoxy) is 1. The Morgan fingerprint density at radius 3 is 1.72 bits per heavy atom. The highest BCUT2D eigenvalue weighted by Crippen LogP contribution is 2.23. The Morgan fingerprint density at radius 1 is 0.688 bits per heavy atom. The quantitative estimate of drug-likeness (QED) is 0.147. The van der Waals surface area contributed by atoms with Crippen LogP contribution in [0.3, 0.4) is 0 Å². The van der Waals surface area contributed by atoms with Crippen molar-refractivity contribution in [1.29, 1.82) is 0 Å². The molecule has 0 atom stereocenters. The van der Waals surface area contributed by atoms with Crippen molar-refractivity contribution in [3.05, 3.63) is 29.3 Å². The van der Waals surface area contributed by atoms with Gasteiger partial charge in [0.15, 0.2) is 0 Å². The summed E-state index contributed by atoms with van der Waals surface area (Å²) < 4.78 is 36.4.